The van der Waals surface area contributed by atoms with Gasteiger partial charge in [0, 0.05) is 20.1 Å². The second kappa shape index (κ2) is 5.84. The summed E-state index contributed by atoms with van der Waals surface area (Å²) in [5, 5.41) is 0. The molecule has 2 aliphatic rings. The summed E-state index contributed by atoms with van der Waals surface area (Å²) in [6.07, 6.45) is 1.17. The second-order valence-corrected chi connectivity index (χ2v) is 7.11. The maximum Gasteiger partial charge on any atom is 0.277 e. The Morgan fingerprint density at radius 2 is 1.52 bits per heavy atom. The van der Waals surface area contributed by atoms with Crippen LogP contribution in [0.15, 0.2) is 30.0 Å². The molecular weight excluding hydrogens is 288 g/mol. The number of hydrogen-bond donors (Lipinski definition) is 0. The van der Waals surface area contributed by atoms with Crippen molar-refractivity contribution >= 4 is 17.4 Å². The summed E-state index contributed by atoms with van der Waals surface area (Å²) in [5.74, 6) is 0.685. The van der Waals surface area contributed by atoms with E-state index in [1.54, 1.807) is 7.05 Å². The first kappa shape index (κ1) is 15.8. The molecule has 0 spiro atoms. The molecule has 2 amide bonds. The molecule has 0 aromatic heterocycles. The van der Waals surface area contributed by atoms with Gasteiger partial charge in [-0.15, -0.1) is 0 Å². The van der Waals surface area contributed by atoms with Gasteiger partial charge in [-0.2, -0.15) is 0 Å². The molecule has 3 rings (SSSR count). The molecule has 0 aliphatic carbocycles. The predicted molar refractivity (Wildman–Crippen MR) is 90.4 cm³/mol. The number of carbonyl (C=O) groups excluding carboxylic acids is 2. The summed E-state index contributed by atoms with van der Waals surface area (Å²) in [4.78, 5) is 28.7. The molecule has 1 aromatic carbocycles. The Bertz CT molecular complexity index is 665. The fraction of sp³-hybridized carbons (Fsp3) is 0.474. The third-order valence-corrected chi connectivity index (χ3v) is 4.79. The largest absolute Gasteiger partial charge is 0.366 e. The third kappa shape index (κ3) is 2.78. The van der Waals surface area contributed by atoms with Crippen molar-refractivity contribution in [2.24, 2.45) is 11.8 Å². The van der Waals surface area contributed by atoms with Crippen LogP contribution in [-0.4, -0.2) is 41.8 Å². The number of benzene rings is 1. The van der Waals surface area contributed by atoms with E-state index in [2.05, 4.69) is 18.7 Å². The predicted octanol–water partition coefficient (Wildman–Crippen LogP) is 2.68. The van der Waals surface area contributed by atoms with Gasteiger partial charge in [0.05, 0.1) is 5.57 Å². The van der Waals surface area contributed by atoms with Crippen molar-refractivity contribution in [1.82, 2.24) is 9.80 Å². The van der Waals surface area contributed by atoms with Crippen molar-refractivity contribution in [2.75, 3.05) is 20.1 Å². The van der Waals surface area contributed by atoms with E-state index in [1.807, 2.05) is 31.2 Å². The van der Waals surface area contributed by atoms with Crippen LogP contribution in [0.3, 0.4) is 0 Å². The van der Waals surface area contributed by atoms with Crippen LogP contribution in [0.4, 0.5) is 0 Å². The monoisotopic (exact) mass is 312 g/mol. The summed E-state index contributed by atoms with van der Waals surface area (Å²) in [5.41, 5.74) is 3.11. The van der Waals surface area contributed by atoms with Crippen LogP contribution in [0.1, 0.15) is 31.4 Å². The number of nitrogens with zero attached hydrogens (tertiary/aromatic N) is 2. The highest BCUT2D eigenvalue weighted by Gasteiger charge is 2.40. The van der Waals surface area contributed by atoms with E-state index in [-0.39, 0.29) is 11.8 Å². The van der Waals surface area contributed by atoms with Crippen LogP contribution in [0.2, 0.25) is 0 Å². The van der Waals surface area contributed by atoms with Crippen LogP contribution >= 0.6 is 0 Å². The lowest BCUT2D eigenvalue weighted by atomic mass is 9.91. The quantitative estimate of drug-likeness (QED) is 0.788. The Morgan fingerprint density at radius 3 is 2.09 bits per heavy atom. The van der Waals surface area contributed by atoms with E-state index >= 15 is 0 Å². The van der Waals surface area contributed by atoms with Crippen LogP contribution in [0, 0.1) is 18.8 Å². The Hall–Kier alpha value is -2.10. The summed E-state index contributed by atoms with van der Waals surface area (Å²) >= 11 is 0. The molecule has 0 radical (unpaired) electrons. The molecule has 2 atom stereocenters. The van der Waals surface area contributed by atoms with E-state index in [9.17, 15) is 9.59 Å². The maximum absolute atomic E-state index is 12.7. The van der Waals surface area contributed by atoms with Crippen LogP contribution in [-0.2, 0) is 9.59 Å². The zero-order chi connectivity index (χ0) is 16.7. The Balaban J connectivity index is 2.08. The smallest absolute Gasteiger partial charge is 0.277 e. The van der Waals surface area contributed by atoms with Gasteiger partial charge in [-0.3, -0.25) is 14.5 Å². The number of hydrogen-bond acceptors (Lipinski definition) is 3. The van der Waals surface area contributed by atoms with E-state index < -0.39 is 0 Å². The molecule has 4 nitrogen and oxygen atoms in total. The molecule has 1 aromatic rings. The summed E-state index contributed by atoms with van der Waals surface area (Å²) in [6.45, 7) is 8.10. The first-order valence-corrected chi connectivity index (χ1v) is 8.27. The van der Waals surface area contributed by atoms with Gasteiger partial charge < -0.3 is 4.90 Å². The van der Waals surface area contributed by atoms with Gasteiger partial charge in [0.2, 0.25) is 0 Å². The second-order valence-electron chi connectivity index (χ2n) is 7.11. The Kier molecular flexibility index (Phi) is 4.00. The van der Waals surface area contributed by atoms with E-state index in [1.165, 1.54) is 11.3 Å². The summed E-state index contributed by atoms with van der Waals surface area (Å²) in [7, 11) is 1.57. The molecule has 0 saturated carbocycles. The zero-order valence-corrected chi connectivity index (χ0v) is 14.3. The lowest BCUT2D eigenvalue weighted by molar-refractivity contribution is -0.136. The highest BCUT2D eigenvalue weighted by molar-refractivity contribution is 6.35. The molecular formula is C19H24N2O2. The lowest BCUT2D eigenvalue weighted by Gasteiger charge is -2.37. The number of amides is 2. The van der Waals surface area contributed by atoms with E-state index in [4.69, 9.17) is 0 Å². The van der Waals surface area contributed by atoms with E-state index in [0.717, 1.165) is 24.2 Å². The zero-order valence-electron chi connectivity index (χ0n) is 14.3. The molecule has 2 aliphatic heterocycles. The number of aryl methyl sites for hydroxylation is 1. The first-order chi connectivity index (χ1) is 10.9. The minimum atomic E-state index is -0.195. The minimum absolute atomic E-state index is 0.174. The number of carbonyl (C=O) groups is 2. The van der Waals surface area contributed by atoms with Crippen LogP contribution in [0.5, 0.6) is 0 Å². The topological polar surface area (TPSA) is 40.6 Å². The lowest BCUT2D eigenvalue weighted by Crippen LogP contribution is -2.41. The normalized spacial score (nSPS) is 25.6. The van der Waals surface area contributed by atoms with Gasteiger partial charge in [-0.25, -0.2) is 0 Å². The van der Waals surface area contributed by atoms with Gasteiger partial charge in [-0.05, 0) is 30.7 Å². The molecule has 4 heteroatoms. The molecule has 122 valence electrons. The SMILES string of the molecule is Cc1ccc(C2=C(N3CC(C)CC(C)C3)C(=O)N(C)C2=O)cc1. The highest BCUT2D eigenvalue weighted by atomic mass is 16.2. The fourth-order valence-electron chi connectivity index (χ4n) is 3.75. The Morgan fingerprint density at radius 1 is 0.957 bits per heavy atom. The van der Waals surface area contributed by atoms with E-state index in [0.29, 0.717) is 23.1 Å². The van der Waals surface area contributed by atoms with Crippen LogP contribution < -0.4 is 0 Å². The Labute approximate surface area is 137 Å². The molecule has 23 heavy (non-hydrogen) atoms. The van der Waals surface area contributed by atoms with Crippen molar-refractivity contribution in [2.45, 2.75) is 27.2 Å². The molecule has 0 N–H and O–H groups in total. The average Bonchev–Trinajstić information content (AvgIpc) is 2.71. The van der Waals surface area contributed by atoms with Gasteiger partial charge in [0.25, 0.3) is 11.8 Å². The van der Waals surface area contributed by atoms with Crippen molar-refractivity contribution in [3.63, 3.8) is 0 Å². The third-order valence-electron chi connectivity index (χ3n) is 4.79. The average molecular weight is 312 g/mol. The van der Waals surface area contributed by atoms with Gasteiger partial charge in [0.15, 0.2) is 0 Å². The maximum atomic E-state index is 12.7. The number of likely N-dealkylation sites (N-methyl/N-ethyl adjacent to an activating group) is 1. The fourth-order valence-corrected chi connectivity index (χ4v) is 3.75. The van der Waals surface area contributed by atoms with Gasteiger partial charge >= 0.3 is 0 Å². The number of rotatable bonds is 2. The van der Waals surface area contributed by atoms with Gasteiger partial charge in [0.1, 0.15) is 5.70 Å². The number of likely N-dealkylation sites (tertiary alicyclic amines) is 1. The number of imide groups is 1. The van der Waals surface area contributed by atoms with Crippen molar-refractivity contribution in [3.8, 4) is 0 Å². The molecule has 1 fully saturated rings. The summed E-state index contributed by atoms with van der Waals surface area (Å²) in [6, 6.07) is 7.84. The first-order valence-electron chi connectivity index (χ1n) is 8.27. The number of piperidine rings is 1. The van der Waals surface area contributed by atoms with Crippen molar-refractivity contribution in [1.29, 1.82) is 0 Å². The standard InChI is InChI=1S/C19H24N2O2/c1-12-5-7-15(8-6-12)16-17(19(23)20(4)18(16)22)21-10-13(2)9-14(3)11-21/h5-8,13-14H,9-11H2,1-4H3. The summed E-state index contributed by atoms with van der Waals surface area (Å²) < 4.78 is 0. The highest BCUT2D eigenvalue weighted by Crippen LogP contribution is 2.34. The van der Waals surface area contributed by atoms with Crippen molar-refractivity contribution in [3.05, 3.63) is 41.1 Å². The molecule has 2 heterocycles. The molecule has 1 saturated heterocycles. The van der Waals surface area contributed by atoms with Gasteiger partial charge in [-0.1, -0.05) is 43.7 Å². The molecule has 2 unspecified atom stereocenters. The molecule has 0 bridgehead atoms. The van der Waals surface area contributed by atoms with Crippen molar-refractivity contribution < 1.29 is 9.59 Å². The minimum Gasteiger partial charge on any atom is -0.366 e. The van der Waals surface area contributed by atoms with Crippen LogP contribution in [0.25, 0.3) is 5.57 Å².